The second-order valence-electron chi connectivity index (χ2n) is 8.24. The second kappa shape index (κ2) is 7.88. The van der Waals surface area contributed by atoms with Crippen molar-refractivity contribution in [2.24, 2.45) is 21.5 Å². The number of guanidine groups is 2. The van der Waals surface area contributed by atoms with E-state index in [1.165, 1.54) is 0 Å². The van der Waals surface area contributed by atoms with Gasteiger partial charge in [0.2, 0.25) is 11.9 Å². The van der Waals surface area contributed by atoms with Gasteiger partial charge in [0, 0.05) is 5.69 Å². The highest BCUT2D eigenvalue weighted by Crippen LogP contribution is 2.39. The Labute approximate surface area is 183 Å². The molecule has 0 atom stereocenters. The first-order valence-corrected chi connectivity index (χ1v) is 11.9. The topological polar surface area (TPSA) is 126 Å². The zero-order valence-corrected chi connectivity index (χ0v) is 18.6. The minimum atomic E-state index is -3.73. The summed E-state index contributed by atoms with van der Waals surface area (Å²) in [5, 5.41) is 0. The van der Waals surface area contributed by atoms with Crippen LogP contribution >= 0.6 is 0 Å². The summed E-state index contributed by atoms with van der Waals surface area (Å²) in [5.41, 5.74) is 14.8. The molecule has 5 N–H and O–H groups in total. The lowest BCUT2D eigenvalue weighted by Crippen LogP contribution is -2.58. The zero-order valence-electron chi connectivity index (χ0n) is 17.8. The number of aliphatic imine (C=N–C) groups is 2. The molecule has 2 aliphatic rings. The van der Waals surface area contributed by atoms with E-state index in [4.69, 9.17) is 11.5 Å². The van der Waals surface area contributed by atoms with Crippen molar-refractivity contribution in [3.05, 3.63) is 53.6 Å². The van der Waals surface area contributed by atoms with Gasteiger partial charge in [0.1, 0.15) is 5.66 Å². The number of nitrogens with one attached hydrogen (secondary N) is 1. The number of nitrogens with two attached hydrogens (primary N) is 2. The fourth-order valence-corrected chi connectivity index (χ4v) is 5.44. The second-order valence-corrected chi connectivity index (χ2v) is 9.92. The zero-order chi connectivity index (χ0) is 22.2. The molecule has 0 radical (unpaired) electrons. The Hall–Kier alpha value is -3.07. The fourth-order valence-electron chi connectivity index (χ4n) is 4.32. The third kappa shape index (κ3) is 4.10. The van der Waals surface area contributed by atoms with Crippen LogP contribution in [-0.4, -0.2) is 26.0 Å². The molecule has 1 spiro atoms. The fraction of sp³-hybridized carbons (Fsp3) is 0.364. The average molecular weight is 441 g/mol. The number of sulfonamides is 1. The number of rotatable bonds is 4. The van der Waals surface area contributed by atoms with Crippen LogP contribution < -0.4 is 21.1 Å². The van der Waals surface area contributed by atoms with Crippen molar-refractivity contribution in [1.82, 2.24) is 0 Å². The molecule has 2 aromatic rings. The van der Waals surface area contributed by atoms with Crippen LogP contribution in [0, 0.1) is 13.8 Å². The lowest BCUT2D eigenvalue weighted by Gasteiger charge is -2.45. The third-order valence-electron chi connectivity index (χ3n) is 5.89. The molecular formula is C22H28N6O2S. The molecular weight excluding hydrogens is 412 g/mol. The van der Waals surface area contributed by atoms with Crippen LogP contribution in [0.1, 0.15) is 43.2 Å². The summed E-state index contributed by atoms with van der Waals surface area (Å²) in [6.45, 7) is 3.79. The van der Waals surface area contributed by atoms with E-state index < -0.39 is 15.7 Å². The molecule has 1 heterocycles. The van der Waals surface area contributed by atoms with Crippen LogP contribution in [0.2, 0.25) is 0 Å². The summed E-state index contributed by atoms with van der Waals surface area (Å²) >= 11 is 0. The molecule has 1 fully saturated rings. The number of aryl methyl sites for hydroxylation is 2. The standard InChI is InChI=1S/C22H28N6O2S/c1-15-6-7-16(2)19(14-15)27-31(29,30)18-10-8-17(9-11-18)28-21(24)25-20(23)26-22(28)12-4-3-5-13-22/h6-11,14,27H,3-5,12-13H2,1-2H3,(H4,23,24,25,26). The Morgan fingerprint density at radius 3 is 2.35 bits per heavy atom. The predicted octanol–water partition coefficient (Wildman–Crippen LogP) is 3.21. The molecule has 0 bridgehead atoms. The van der Waals surface area contributed by atoms with Crippen LogP contribution in [0.4, 0.5) is 11.4 Å². The van der Waals surface area contributed by atoms with Crippen molar-refractivity contribution in [1.29, 1.82) is 0 Å². The number of anilines is 2. The Morgan fingerprint density at radius 2 is 1.68 bits per heavy atom. The van der Waals surface area contributed by atoms with E-state index >= 15 is 0 Å². The highest BCUT2D eigenvalue weighted by atomic mass is 32.2. The highest BCUT2D eigenvalue weighted by molar-refractivity contribution is 7.92. The Kier molecular flexibility index (Phi) is 5.38. The first kappa shape index (κ1) is 21.2. The molecule has 0 aromatic heterocycles. The quantitative estimate of drug-likeness (QED) is 0.673. The summed E-state index contributed by atoms with van der Waals surface area (Å²) < 4.78 is 28.6. The summed E-state index contributed by atoms with van der Waals surface area (Å²) in [5.74, 6) is 0.464. The average Bonchev–Trinajstić information content (AvgIpc) is 2.71. The number of hydrogen-bond acceptors (Lipinski definition) is 7. The van der Waals surface area contributed by atoms with Gasteiger partial charge < -0.3 is 11.5 Å². The van der Waals surface area contributed by atoms with Crippen LogP contribution in [0.15, 0.2) is 57.3 Å². The first-order chi connectivity index (χ1) is 14.7. The molecule has 0 unspecified atom stereocenters. The van der Waals surface area contributed by atoms with E-state index in [-0.39, 0.29) is 16.8 Å². The smallest absolute Gasteiger partial charge is 0.261 e. The van der Waals surface area contributed by atoms with Crippen molar-refractivity contribution in [3.63, 3.8) is 0 Å². The van der Waals surface area contributed by atoms with Gasteiger partial charge in [-0.15, -0.1) is 0 Å². The van der Waals surface area contributed by atoms with Gasteiger partial charge in [-0.05, 0) is 81.0 Å². The molecule has 0 amide bonds. The maximum Gasteiger partial charge on any atom is 0.261 e. The molecule has 1 aliphatic heterocycles. The largest absolute Gasteiger partial charge is 0.369 e. The van der Waals surface area contributed by atoms with Crippen LogP contribution in [0.3, 0.4) is 0 Å². The minimum absolute atomic E-state index is 0.172. The Morgan fingerprint density at radius 1 is 1.00 bits per heavy atom. The molecule has 0 saturated heterocycles. The van der Waals surface area contributed by atoms with Gasteiger partial charge in [0.25, 0.3) is 10.0 Å². The van der Waals surface area contributed by atoms with E-state index in [1.807, 2.05) is 36.9 Å². The van der Waals surface area contributed by atoms with Crippen molar-refractivity contribution in [2.75, 3.05) is 9.62 Å². The predicted molar refractivity (Wildman–Crippen MR) is 125 cm³/mol. The summed E-state index contributed by atoms with van der Waals surface area (Å²) in [7, 11) is -3.73. The van der Waals surface area contributed by atoms with Gasteiger partial charge in [0.15, 0.2) is 0 Å². The molecule has 164 valence electrons. The van der Waals surface area contributed by atoms with Crippen LogP contribution in [0.5, 0.6) is 0 Å². The van der Waals surface area contributed by atoms with Gasteiger partial charge in [-0.2, -0.15) is 4.99 Å². The van der Waals surface area contributed by atoms with Crippen molar-refractivity contribution < 1.29 is 8.42 Å². The van der Waals surface area contributed by atoms with Gasteiger partial charge in [-0.3, -0.25) is 9.62 Å². The van der Waals surface area contributed by atoms with E-state index in [1.54, 1.807) is 24.3 Å². The number of benzene rings is 2. The molecule has 31 heavy (non-hydrogen) atoms. The lowest BCUT2D eigenvalue weighted by molar-refractivity contribution is 0.305. The number of nitrogens with zero attached hydrogens (tertiary/aromatic N) is 3. The van der Waals surface area contributed by atoms with Gasteiger partial charge >= 0.3 is 0 Å². The van der Waals surface area contributed by atoms with Gasteiger partial charge in [-0.1, -0.05) is 18.6 Å². The van der Waals surface area contributed by atoms with Crippen molar-refractivity contribution >= 4 is 33.3 Å². The van der Waals surface area contributed by atoms with E-state index in [0.29, 0.717) is 5.69 Å². The summed E-state index contributed by atoms with van der Waals surface area (Å²) in [4.78, 5) is 10.9. The van der Waals surface area contributed by atoms with E-state index in [2.05, 4.69) is 14.7 Å². The first-order valence-electron chi connectivity index (χ1n) is 10.4. The van der Waals surface area contributed by atoms with Crippen molar-refractivity contribution in [2.45, 2.75) is 56.5 Å². The Bertz CT molecular complexity index is 1150. The molecule has 8 nitrogen and oxygen atoms in total. The monoisotopic (exact) mass is 440 g/mol. The Balaban J connectivity index is 1.64. The third-order valence-corrected chi connectivity index (χ3v) is 7.28. The van der Waals surface area contributed by atoms with E-state index in [0.717, 1.165) is 48.9 Å². The van der Waals surface area contributed by atoms with E-state index in [9.17, 15) is 8.42 Å². The molecule has 9 heteroatoms. The van der Waals surface area contributed by atoms with Gasteiger partial charge in [0.05, 0.1) is 10.6 Å². The van der Waals surface area contributed by atoms with Gasteiger partial charge in [-0.25, -0.2) is 13.4 Å². The molecule has 1 aliphatic carbocycles. The lowest BCUT2D eigenvalue weighted by atomic mass is 9.87. The summed E-state index contributed by atoms with van der Waals surface area (Å²) in [6, 6.07) is 12.3. The number of hydrogen-bond donors (Lipinski definition) is 3. The normalized spacial score (nSPS) is 18.5. The molecule has 1 saturated carbocycles. The maximum atomic E-state index is 12.9. The van der Waals surface area contributed by atoms with Crippen molar-refractivity contribution in [3.8, 4) is 0 Å². The molecule has 2 aromatic carbocycles. The highest BCUT2D eigenvalue weighted by Gasteiger charge is 2.42. The minimum Gasteiger partial charge on any atom is -0.369 e. The summed E-state index contributed by atoms with van der Waals surface area (Å²) in [6.07, 6.45) is 4.82. The van der Waals surface area contributed by atoms with Crippen LogP contribution in [0.25, 0.3) is 0 Å². The maximum absolute atomic E-state index is 12.9. The van der Waals surface area contributed by atoms with Crippen LogP contribution in [-0.2, 0) is 10.0 Å². The SMILES string of the molecule is Cc1ccc(C)c(NS(=O)(=O)c2ccc(N3C(N)=NC(N)=NC34CCCCC4)cc2)c1. The molecule has 4 rings (SSSR count).